The third kappa shape index (κ3) is 1.93. The molecule has 78 valence electrons. The lowest BCUT2D eigenvalue weighted by atomic mass is 10.1. The first-order chi connectivity index (χ1) is 6.79. The Hall–Kier alpha value is -0.940. The first kappa shape index (κ1) is 9.61. The molecule has 5 heteroatoms. The zero-order chi connectivity index (χ0) is 9.97. The number of aromatic nitrogens is 2. The van der Waals surface area contributed by atoms with Crippen LogP contribution in [0.2, 0.25) is 0 Å². The monoisotopic (exact) mass is 196 g/mol. The topological polar surface area (TPSA) is 68.2 Å². The van der Waals surface area contributed by atoms with Crippen LogP contribution in [-0.2, 0) is 13.0 Å². The smallest absolute Gasteiger partial charge is 0.228 e. The van der Waals surface area contributed by atoms with Crippen molar-refractivity contribution in [1.29, 1.82) is 0 Å². The number of nitrogens with zero attached hydrogens (tertiary/aromatic N) is 3. The second-order valence-electron chi connectivity index (χ2n) is 3.79. The Kier molecular flexibility index (Phi) is 2.79. The van der Waals surface area contributed by atoms with Crippen LogP contribution in [-0.4, -0.2) is 34.7 Å². The summed E-state index contributed by atoms with van der Waals surface area (Å²) in [5.74, 6) is 1.31. The van der Waals surface area contributed by atoms with Crippen LogP contribution >= 0.6 is 0 Å². The van der Waals surface area contributed by atoms with Crippen LogP contribution in [0.1, 0.15) is 24.6 Å². The fraction of sp³-hybridized carbons (Fsp3) is 0.778. The number of likely N-dealkylation sites (N-methyl/N-ethyl adjacent to an activating group) is 1. The predicted molar refractivity (Wildman–Crippen MR) is 51.5 cm³/mol. The van der Waals surface area contributed by atoms with Gasteiger partial charge in [-0.1, -0.05) is 5.16 Å². The maximum absolute atomic E-state index is 5.40. The van der Waals surface area contributed by atoms with Crippen molar-refractivity contribution in [3.05, 3.63) is 11.7 Å². The summed E-state index contributed by atoms with van der Waals surface area (Å²) in [5, 5.41) is 3.77. The number of nitrogens with two attached hydrogens (primary N) is 1. The Morgan fingerprint density at radius 1 is 1.64 bits per heavy atom. The molecule has 0 spiro atoms. The molecule has 1 aliphatic heterocycles. The largest absolute Gasteiger partial charge is 0.339 e. The van der Waals surface area contributed by atoms with Crippen LogP contribution in [0.15, 0.2) is 4.52 Å². The van der Waals surface area contributed by atoms with Crippen LogP contribution in [0, 0.1) is 0 Å². The zero-order valence-electron chi connectivity index (χ0n) is 8.44. The molecule has 0 amide bonds. The lowest BCUT2D eigenvalue weighted by Crippen LogP contribution is -2.26. The van der Waals surface area contributed by atoms with Crippen LogP contribution in [0.3, 0.4) is 0 Å². The summed E-state index contributed by atoms with van der Waals surface area (Å²) in [6, 6.07) is 0.557. The van der Waals surface area contributed by atoms with Crippen molar-refractivity contribution in [3.8, 4) is 0 Å². The first-order valence-corrected chi connectivity index (χ1v) is 5.01. The van der Waals surface area contributed by atoms with Crippen molar-refractivity contribution in [3.63, 3.8) is 0 Å². The molecule has 2 heterocycles. The average molecular weight is 196 g/mol. The molecule has 1 aliphatic rings. The molecular weight excluding hydrogens is 180 g/mol. The van der Waals surface area contributed by atoms with Gasteiger partial charge in [-0.05, 0) is 26.4 Å². The molecule has 1 aromatic heterocycles. The van der Waals surface area contributed by atoms with Gasteiger partial charge in [0, 0.05) is 12.5 Å². The van der Waals surface area contributed by atoms with Gasteiger partial charge in [0.1, 0.15) is 0 Å². The molecule has 14 heavy (non-hydrogen) atoms. The summed E-state index contributed by atoms with van der Waals surface area (Å²) in [4.78, 5) is 6.54. The average Bonchev–Trinajstić information content (AvgIpc) is 2.77. The minimum Gasteiger partial charge on any atom is -0.339 e. The van der Waals surface area contributed by atoms with Crippen molar-refractivity contribution in [2.45, 2.75) is 31.8 Å². The van der Waals surface area contributed by atoms with Gasteiger partial charge in [-0.15, -0.1) is 0 Å². The predicted octanol–water partition coefficient (Wildman–Crippen LogP) is 0.165. The molecule has 1 atom stereocenters. The Balaban J connectivity index is 1.96. The Bertz CT molecular complexity index is 299. The number of likely N-dealkylation sites (tertiary alicyclic amines) is 1. The highest BCUT2D eigenvalue weighted by Gasteiger charge is 2.23. The molecule has 2 rings (SSSR count). The van der Waals surface area contributed by atoms with Gasteiger partial charge in [0.2, 0.25) is 5.89 Å². The van der Waals surface area contributed by atoms with Gasteiger partial charge < -0.3 is 15.2 Å². The zero-order valence-corrected chi connectivity index (χ0v) is 8.44. The number of hydrogen-bond donors (Lipinski definition) is 1. The van der Waals surface area contributed by atoms with E-state index in [0.29, 0.717) is 24.3 Å². The summed E-state index contributed by atoms with van der Waals surface area (Å²) in [6.07, 6.45) is 3.33. The summed E-state index contributed by atoms with van der Waals surface area (Å²) in [5.41, 5.74) is 5.40. The molecular formula is C9H16N4O. The molecule has 0 aliphatic carbocycles. The molecule has 1 saturated heterocycles. The van der Waals surface area contributed by atoms with Crippen molar-refractivity contribution < 1.29 is 4.52 Å². The van der Waals surface area contributed by atoms with E-state index in [4.69, 9.17) is 10.3 Å². The lowest BCUT2D eigenvalue weighted by Gasteiger charge is -2.16. The van der Waals surface area contributed by atoms with Crippen molar-refractivity contribution in [2.24, 2.45) is 5.73 Å². The first-order valence-electron chi connectivity index (χ1n) is 5.01. The van der Waals surface area contributed by atoms with Gasteiger partial charge >= 0.3 is 0 Å². The van der Waals surface area contributed by atoms with Crippen LogP contribution in [0.25, 0.3) is 0 Å². The summed E-state index contributed by atoms with van der Waals surface area (Å²) in [6.45, 7) is 1.52. The second-order valence-corrected chi connectivity index (χ2v) is 3.79. The highest BCUT2D eigenvalue weighted by molar-refractivity contribution is 4.91. The lowest BCUT2D eigenvalue weighted by molar-refractivity contribution is 0.278. The minimum absolute atomic E-state index is 0.351. The van der Waals surface area contributed by atoms with Crippen molar-refractivity contribution in [1.82, 2.24) is 15.0 Å². The van der Waals surface area contributed by atoms with E-state index >= 15 is 0 Å². The number of rotatable bonds is 3. The highest BCUT2D eigenvalue weighted by atomic mass is 16.5. The minimum atomic E-state index is 0.351. The molecule has 0 saturated carbocycles. The number of hydrogen-bond acceptors (Lipinski definition) is 5. The molecule has 0 radical (unpaired) electrons. The Morgan fingerprint density at radius 3 is 3.07 bits per heavy atom. The van der Waals surface area contributed by atoms with E-state index in [1.165, 1.54) is 19.4 Å². The van der Waals surface area contributed by atoms with E-state index in [9.17, 15) is 0 Å². The van der Waals surface area contributed by atoms with E-state index in [-0.39, 0.29) is 0 Å². The molecule has 1 fully saturated rings. The van der Waals surface area contributed by atoms with Gasteiger partial charge in [0.15, 0.2) is 5.82 Å². The maximum Gasteiger partial charge on any atom is 0.228 e. The maximum atomic E-state index is 5.40. The second kappa shape index (κ2) is 4.06. The van der Waals surface area contributed by atoms with Crippen molar-refractivity contribution >= 4 is 0 Å². The molecule has 0 unspecified atom stereocenters. The van der Waals surface area contributed by atoms with Crippen molar-refractivity contribution in [2.75, 3.05) is 13.6 Å². The van der Waals surface area contributed by atoms with Crippen LogP contribution < -0.4 is 5.73 Å². The van der Waals surface area contributed by atoms with Crippen LogP contribution in [0.5, 0.6) is 0 Å². The molecule has 0 aromatic carbocycles. The van der Waals surface area contributed by atoms with Gasteiger partial charge in [0.25, 0.3) is 0 Å². The van der Waals surface area contributed by atoms with Gasteiger partial charge in [-0.25, -0.2) is 0 Å². The SMILES string of the molecule is CN1CCC[C@@H]1Cc1nc(CN)no1. The molecule has 2 N–H and O–H groups in total. The van der Waals surface area contributed by atoms with E-state index in [0.717, 1.165) is 6.42 Å². The van der Waals surface area contributed by atoms with Gasteiger partial charge in [-0.2, -0.15) is 4.98 Å². The summed E-state index contributed by atoms with van der Waals surface area (Å²) >= 11 is 0. The molecule has 0 bridgehead atoms. The highest BCUT2D eigenvalue weighted by Crippen LogP contribution is 2.18. The fourth-order valence-electron chi connectivity index (χ4n) is 1.89. The standard InChI is InChI=1S/C9H16N4O/c1-13-4-2-3-7(13)5-9-11-8(6-10)12-14-9/h7H,2-6,10H2,1H3/t7-/m1/s1. The van der Waals surface area contributed by atoms with E-state index in [1.807, 2.05) is 0 Å². The fourth-order valence-corrected chi connectivity index (χ4v) is 1.89. The third-order valence-electron chi connectivity index (χ3n) is 2.77. The summed E-state index contributed by atoms with van der Waals surface area (Å²) < 4.78 is 5.10. The Labute approximate surface area is 83.3 Å². The third-order valence-corrected chi connectivity index (χ3v) is 2.77. The Morgan fingerprint density at radius 2 is 2.50 bits per heavy atom. The van der Waals surface area contributed by atoms with E-state index < -0.39 is 0 Å². The normalized spacial score (nSPS) is 23.1. The van der Waals surface area contributed by atoms with E-state index in [2.05, 4.69) is 22.1 Å². The molecule has 1 aromatic rings. The van der Waals surface area contributed by atoms with E-state index in [1.54, 1.807) is 0 Å². The molecule has 5 nitrogen and oxygen atoms in total. The summed E-state index contributed by atoms with van der Waals surface area (Å²) in [7, 11) is 2.14. The quantitative estimate of drug-likeness (QED) is 0.746. The van der Waals surface area contributed by atoms with Gasteiger partial charge in [-0.3, -0.25) is 0 Å². The van der Waals surface area contributed by atoms with Crippen LogP contribution in [0.4, 0.5) is 0 Å². The van der Waals surface area contributed by atoms with Gasteiger partial charge in [0.05, 0.1) is 6.54 Å².